The van der Waals surface area contributed by atoms with Crippen molar-refractivity contribution in [3.8, 4) is 0 Å². The Hall–Kier alpha value is -0.740. The summed E-state index contributed by atoms with van der Waals surface area (Å²) in [5, 5.41) is 0. The predicted molar refractivity (Wildman–Crippen MR) is 75.9 cm³/mol. The molecule has 2 heterocycles. The molecule has 4 heteroatoms. The van der Waals surface area contributed by atoms with Gasteiger partial charge in [0.1, 0.15) is 5.82 Å². The lowest BCUT2D eigenvalue weighted by molar-refractivity contribution is 0.795. The molecule has 2 N–H and O–H groups in total. The molecule has 0 unspecified atom stereocenters. The summed E-state index contributed by atoms with van der Waals surface area (Å²) in [6.45, 7) is 5.10. The number of hydrogen-bond donors (Lipinski definition) is 1. The van der Waals surface area contributed by atoms with E-state index in [9.17, 15) is 0 Å². The van der Waals surface area contributed by atoms with Crippen molar-refractivity contribution in [2.45, 2.75) is 19.8 Å². The molecule has 1 saturated heterocycles. The lowest BCUT2D eigenvalue weighted by Gasteiger charge is -2.23. The van der Waals surface area contributed by atoms with Gasteiger partial charge in [0.05, 0.1) is 0 Å². The van der Waals surface area contributed by atoms with E-state index < -0.39 is 0 Å². The van der Waals surface area contributed by atoms with Crippen LogP contribution in [0.1, 0.15) is 17.5 Å². The number of hydrogen-bond acceptors (Lipinski definition) is 4. The zero-order valence-electron chi connectivity index (χ0n) is 10.5. The van der Waals surface area contributed by atoms with E-state index in [-0.39, 0.29) is 0 Å². The number of thioether (sulfide) groups is 1. The Balaban J connectivity index is 2.14. The summed E-state index contributed by atoms with van der Waals surface area (Å²) in [5.41, 5.74) is 8.10. The summed E-state index contributed by atoms with van der Waals surface area (Å²) in [6.07, 6.45) is 4.16. The lowest BCUT2D eigenvalue weighted by Crippen LogP contribution is -2.27. The second-order valence-corrected chi connectivity index (χ2v) is 5.70. The Bertz CT molecular complexity index is 360. The molecule has 0 aliphatic carbocycles. The summed E-state index contributed by atoms with van der Waals surface area (Å²) >= 11 is 2.05. The van der Waals surface area contributed by atoms with Crippen LogP contribution in [-0.2, 0) is 6.42 Å². The van der Waals surface area contributed by atoms with Crippen molar-refractivity contribution in [3.63, 3.8) is 0 Å². The standard InChI is InChI=1S/C13H21N3S/c1-11-9-12(3-4-14)10-15-13(11)16-5-2-7-17-8-6-16/h9-10H,2-8,14H2,1H3. The SMILES string of the molecule is Cc1cc(CCN)cnc1N1CCCSCC1. The van der Waals surface area contributed by atoms with Gasteiger partial charge in [-0.1, -0.05) is 6.07 Å². The van der Waals surface area contributed by atoms with Crippen molar-refractivity contribution in [2.75, 3.05) is 36.0 Å². The van der Waals surface area contributed by atoms with Crippen molar-refractivity contribution < 1.29 is 0 Å². The van der Waals surface area contributed by atoms with E-state index in [1.807, 2.05) is 18.0 Å². The van der Waals surface area contributed by atoms with Crippen LogP contribution in [0.2, 0.25) is 0 Å². The molecule has 0 atom stereocenters. The lowest BCUT2D eigenvalue weighted by atomic mass is 10.1. The molecule has 0 saturated carbocycles. The maximum absolute atomic E-state index is 5.57. The van der Waals surface area contributed by atoms with Gasteiger partial charge in [-0.25, -0.2) is 4.98 Å². The van der Waals surface area contributed by atoms with E-state index in [0.717, 1.165) is 25.3 Å². The average molecular weight is 251 g/mol. The van der Waals surface area contributed by atoms with E-state index in [0.29, 0.717) is 6.54 Å². The zero-order chi connectivity index (χ0) is 12.1. The summed E-state index contributed by atoms with van der Waals surface area (Å²) in [4.78, 5) is 7.04. The van der Waals surface area contributed by atoms with E-state index in [2.05, 4.69) is 22.9 Å². The minimum atomic E-state index is 0.695. The minimum absolute atomic E-state index is 0.695. The molecule has 1 aliphatic rings. The van der Waals surface area contributed by atoms with Gasteiger partial charge in [-0.3, -0.25) is 0 Å². The summed E-state index contributed by atoms with van der Waals surface area (Å²) < 4.78 is 0. The third-order valence-electron chi connectivity index (χ3n) is 3.06. The highest BCUT2D eigenvalue weighted by atomic mass is 32.2. The van der Waals surface area contributed by atoms with Gasteiger partial charge in [0, 0.05) is 25.0 Å². The number of pyridine rings is 1. The molecule has 0 bridgehead atoms. The molecule has 2 rings (SSSR count). The zero-order valence-corrected chi connectivity index (χ0v) is 11.3. The number of nitrogens with zero attached hydrogens (tertiary/aromatic N) is 2. The van der Waals surface area contributed by atoms with E-state index >= 15 is 0 Å². The quantitative estimate of drug-likeness (QED) is 0.890. The monoisotopic (exact) mass is 251 g/mol. The molecule has 94 valence electrons. The first kappa shape index (κ1) is 12.7. The Morgan fingerprint density at radius 1 is 1.41 bits per heavy atom. The number of aryl methyl sites for hydroxylation is 1. The van der Waals surface area contributed by atoms with Crippen LogP contribution in [0.4, 0.5) is 5.82 Å². The van der Waals surface area contributed by atoms with E-state index in [1.54, 1.807) is 0 Å². The first-order chi connectivity index (χ1) is 8.31. The first-order valence-electron chi connectivity index (χ1n) is 6.29. The van der Waals surface area contributed by atoms with E-state index in [4.69, 9.17) is 5.73 Å². The van der Waals surface area contributed by atoms with Gasteiger partial charge < -0.3 is 10.6 Å². The normalized spacial score (nSPS) is 16.9. The Morgan fingerprint density at radius 2 is 2.29 bits per heavy atom. The molecular formula is C13H21N3S. The second-order valence-electron chi connectivity index (χ2n) is 4.48. The van der Waals surface area contributed by atoms with Gasteiger partial charge in [-0.05, 0) is 43.2 Å². The highest BCUT2D eigenvalue weighted by Gasteiger charge is 2.13. The third kappa shape index (κ3) is 3.36. The molecule has 3 nitrogen and oxygen atoms in total. The fourth-order valence-corrected chi connectivity index (χ4v) is 3.10. The molecule has 17 heavy (non-hydrogen) atoms. The van der Waals surface area contributed by atoms with Crippen molar-refractivity contribution in [1.29, 1.82) is 0 Å². The van der Waals surface area contributed by atoms with Crippen LogP contribution in [0, 0.1) is 6.92 Å². The Morgan fingerprint density at radius 3 is 3.06 bits per heavy atom. The van der Waals surface area contributed by atoms with Crippen molar-refractivity contribution >= 4 is 17.6 Å². The fraction of sp³-hybridized carbons (Fsp3) is 0.615. The van der Waals surface area contributed by atoms with Gasteiger partial charge in [-0.15, -0.1) is 0 Å². The first-order valence-corrected chi connectivity index (χ1v) is 7.45. The predicted octanol–water partition coefficient (Wildman–Crippen LogP) is 1.83. The average Bonchev–Trinajstić information content (AvgIpc) is 2.58. The van der Waals surface area contributed by atoms with Crippen LogP contribution in [0.25, 0.3) is 0 Å². The molecule has 1 aromatic heterocycles. The number of rotatable bonds is 3. The molecule has 1 aromatic rings. The van der Waals surface area contributed by atoms with Gasteiger partial charge in [-0.2, -0.15) is 11.8 Å². The van der Waals surface area contributed by atoms with Crippen LogP contribution in [-0.4, -0.2) is 36.1 Å². The summed E-state index contributed by atoms with van der Waals surface area (Å²) in [6, 6.07) is 2.23. The number of nitrogens with two attached hydrogens (primary N) is 1. The molecule has 1 aliphatic heterocycles. The number of aromatic nitrogens is 1. The van der Waals surface area contributed by atoms with Crippen LogP contribution < -0.4 is 10.6 Å². The molecule has 0 radical (unpaired) electrons. The number of anilines is 1. The maximum Gasteiger partial charge on any atom is 0.131 e. The molecular weight excluding hydrogens is 230 g/mol. The highest BCUT2D eigenvalue weighted by Crippen LogP contribution is 2.21. The topological polar surface area (TPSA) is 42.1 Å². The molecule has 1 fully saturated rings. The second kappa shape index (κ2) is 6.26. The highest BCUT2D eigenvalue weighted by molar-refractivity contribution is 7.99. The minimum Gasteiger partial charge on any atom is -0.356 e. The molecule has 0 aromatic carbocycles. The van der Waals surface area contributed by atoms with Crippen molar-refractivity contribution in [3.05, 3.63) is 23.4 Å². The largest absolute Gasteiger partial charge is 0.356 e. The molecule has 0 amide bonds. The van der Waals surface area contributed by atoms with Crippen LogP contribution in [0.3, 0.4) is 0 Å². The van der Waals surface area contributed by atoms with Crippen molar-refractivity contribution in [2.24, 2.45) is 5.73 Å². The van der Waals surface area contributed by atoms with Gasteiger partial charge in [0.2, 0.25) is 0 Å². The Kier molecular flexibility index (Phi) is 4.68. The van der Waals surface area contributed by atoms with Crippen LogP contribution in [0.5, 0.6) is 0 Å². The van der Waals surface area contributed by atoms with Crippen molar-refractivity contribution in [1.82, 2.24) is 4.98 Å². The van der Waals surface area contributed by atoms with Crippen LogP contribution >= 0.6 is 11.8 Å². The van der Waals surface area contributed by atoms with Crippen LogP contribution in [0.15, 0.2) is 12.3 Å². The Labute approximate surface area is 108 Å². The summed E-state index contributed by atoms with van der Waals surface area (Å²) in [5.74, 6) is 3.65. The van der Waals surface area contributed by atoms with E-state index in [1.165, 1.54) is 29.1 Å². The van der Waals surface area contributed by atoms with Gasteiger partial charge in [0.25, 0.3) is 0 Å². The maximum atomic E-state index is 5.57. The smallest absolute Gasteiger partial charge is 0.131 e. The fourth-order valence-electron chi connectivity index (χ4n) is 2.22. The van der Waals surface area contributed by atoms with Gasteiger partial charge >= 0.3 is 0 Å². The summed E-state index contributed by atoms with van der Waals surface area (Å²) in [7, 11) is 0. The molecule has 0 spiro atoms. The van der Waals surface area contributed by atoms with Gasteiger partial charge in [0.15, 0.2) is 0 Å². The third-order valence-corrected chi connectivity index (χ3v) is 4.11.